The number of methoxy groups -OCH3 is 1. The highest BCUT2D eigenvalue weighted by atomic mass is 19.4. The topological polar surface area (TPSA) is 64.8 Å². The summed E-state index contributed by atoms with van der Waals surface area (Å²) in [5.41, 5.74) is 6.68. The molecule has 2 N–H and O–H groups in total. The predicted octanol–water partition coefficient (Wildman–Crippen LogP) is 2.52. The molecule has 1 aromatic rings. The number of hydrogen-bond donors (Lipinski definition) is 1. The van der Waals surface area contributed by atoms with Gasteiger partial charge in [0.05, 0.1) is 7.11 Å². The van der Waals surface area contributed by atoms with Crippen LogP contribution in [0, 0.1) is 0 Å². The largest absolute Gasteiger partial charge is 0.493 e. The maximum atomic E-state index is 12.3. The van der Waals surface area contributed by atoms with Crippen LogP contribution in [0.3, 0.4) is 0 Å². The van der Waals surface area contributed by atoms with Crippen molar-refractivity contribution in [3.63, 3.8) is 0 Å². The Morgan fingerprint density at radius 1 is 1.36 bits per heavy atom. The zero-order valence-electron chi connectivity index (χ0n) is 14.1. The van der Waals surface area contributed by atoms with Gasteiger partial charge in [-0.25, -0.2) is 0 Å². The maximum absolute atomic E-state index is 12.3. The number of nitrogens with zero attached hydrogens (tertiary/aromatic N) is 1. The average molecular weight is 360 g/mol. The molecular formula is C17H23F3N2O3. The Hall–Kier alpha value is -1.96. The molecule has 25 heavy (non-hydrogen) atoms. The first-order chi connectivity index (χ1) is 11.8. The Morgan fingerprint density at radius 3 is 2.76 bits per heavy atom. The fraction of sp³-hybridized carbons (Fsp3) is 0.588. The second kappa shape index (κ2) is 8.42. The van der Waals surface area contributed by atoms with Crippen LogP contribution in [0.15, 0.2) is 18.2 Å². The summed E-state index contributed by atoms with van der Waals surface area (Å²) in [4.78, 5) is 14.0. The lowest BCUT2D eigenvalue weighted by molar-refractivity contribution is -0.153. The van der Waals surface area contributed by atoms with E-state index in [9.17, 15) is 18.0 Å². The number of carbonyl (C=O) groups is 1. The molecule has 0 aromatic heterocycles. The van der Waals surface area contributed by atoms with Crippen molar-refractivity contribution in [3.05, 3.63) is 23.8 Å². The lowest BCUT2D eigenvalue weighted by Gasteiger charge is -2.30. The van der Waals surface area contributed by atoms with Crippen molar-refractivity contribution >= 4 is 5.91 Å². The maximum Gasteiger partial charge on any atom is 0.422 e. The number of piperidine rings is 1. The number of halogens is 3. The molecule has 1 saturated heterocycles. The van der Waals surface area contributed by atoms with Gasteiger partial charge in [0.2, 0.25) is 5.91 Å². The molecule has 0 saturated carbocycles. The summed E-state index contributed by atoms with van der Waals surface area (Å²) in [6, 6.07) is 4.70. The second-order valence-corrected chi connectivity index (χ2v) is 6.13. The lowest BCUT2D eigenvalue weighted by Crippen LogP contribution is -2.45. The van der Waals surface area contributed by atoms with Crippen LogP contribution in [-0.4, -0.2) is 49.8 Å². The van der Waals surface area contributed by atoms with Crippen LogP contribution in [0.1, 0.15) is 24.8 Å². The van der Waals surface area contributed by atoms with Gasteiger partial charge in [-0.1, -0.05) is 6.07 Å². The van der Waals surface area contributed by atoms with Crippen molar-refractivity contribution in [1.82, 2.24) is 4.90 Å². The van der Waals surface area contributed by atoms with Gasteiger partial charge in [-0.3, -0.25) is 4.79 Å². The molecule has 1 amide bonds. The Kier molecular flexibility index (Phi) is 6.52. The van der Waals surface area contributed by atoms with Gasteiger partial charge in [0.1, 0.15) is 0 Å². The van der Waals surface area contributed by atoms with Gasteiger partial charge in [0, 0.05) is 25.6 Å². The van der Waals surface area contributed by atoms with Crippen LogP contribution in [0.4, 0.5) is 13.2 Å². The van der Waals surface area contributed by atoms with Crippen molar-refractivity contribution in [1.29, 1.82) is 0 Å². The van der Waals surface area contributed by atoms with Crippen LogP contribution >= 0.6 is 0 Å². The number of benzene rings is 1. The summed E-state index contributed by atoms with van der Waals surface area (Å²) in [5.74, 6) is 0.276. The molecule has 0 aliphatic carbocycles. The van der Waals surface area contributed by atoms with E-state index in [0.29, 0.717) is 19.4 Å². The molecule has 1 atom stereocenters. The number of nitrogens with two attached hydrogens (primary N) is 1. The number of alkyl halides is 3. The molecule has 1 unspecified atom stereocenters. The Morgan fingerprint density at radius 2 is 2.12 bits per heavy atom. The second-order valence-electron chi connectivity index (χ2n) is 6.13. The fourth-order valence-corrected chi connectivity index (χ4v) is 2.79. The normalized spacial score (nSPS) is 18.1. The van der Waals surface area contributed by atoms with Crippen LogP contribution < -0.4 is 15.2 Å². The fourth-order valence-electron chi connectivity index (χ4n) is 2.79. The molecule has 1 aliphatic heterocycles. The van der Waals surface area contributed by atoms with Gasteiger partial charge in [0.15, 0.2) is 18.1 Å². The number of rotatable bonds is 6. The van der Waals surface area contributed by atoms with Crippen LogP contribution in [0.25, 0.3) is 0 Å². The Labute approximate surface area is 144 Å². The molecule has 8 heteroatoms. The molecule has 2 rings (SSSR count). The Balaban J connectivity index is 1.92. The van der Waals surface area contributed by atoms with Gasteiger partial charge in [-0.05, 0) is 37.0 Å². The van der Waals surface area contributed by atoms with Crippen LogP contribution in [0.5, 0.6) is 11.5 Å². The number of hydrogen-bond acceptors (Lipinski definition) is 4. The summed E-state index contributed by atoms with van der Waals surface area (Å²) < 4.78 is 46.6. The van der Waals surface area contributed by atoms with Crippen molar-refractivity contribution in [3.8, 4) is 11.5 Å². The minimum absolute atomic E-state index is 0.0249. The first-order valence-corrected chi connectivity index (χ1v) is 8.18. The molecule has 5 nitrogen and oxygen atoms in total. The summed E-state index contributed by atoms with van der Waals surface area (Å²) in [5, 5.41) is 0. The third-order valence-electron chi connectivity index (χ3n) is 4.06. The zero-order valence-corrected chi connectivity index (χ0v) is 14.1. The molecule has 0 bridgehead atoms. The number of aryl methyl sites for hydroxylation is 1. The quantitative estimate of drug-likeness (QED) is 0.847. The van der Waals surface area contributed by atoms with Crippen molar-refractivity contribution in [2.24, 2.45) is 5.73 Å². The average Bonchev–Trinajstić information content (AvgIpc) is 2.57. The first kappa shape index (κ1) is 19.4. The molecule has 0 radical (unpaired) electrons. The zero-order chi connectivity index (χ0) is 18.4. The minimum atomic E-state index is -4.41. The third-order valence-corrected chi connectivity index (χ3v) is 4.06. The smallest absolute Gasteiger partial charge is 0.422 e. The number of carbonyl (C=O) groups excluding carboxylic acids is 1. The first-order valence-electron chi connectivity index (χ1n) is 8.18. The van der Waals surface area contributed by atoms with Gasteiger partial charge in [-0.15, -0.1) is 0 Å². The Bertz CT molecular complexity index is 593. The predicted molar refractivity (Wildman–Crippen MR) is 86.7 cm³/mol. The molecular weight excluding hydrogens is 337 g/mol. The van der Waals surface area contributed by atoms with E-state index in [1.54, 1.807) is 17.0 Å². The lowest BCUT2D eigenvalue weighted by atomic mass is 10.0. The standard InChI is InChI=1S/C17H23F3N2O3/c1-24-15-9-12(4-6-14(15)25-11-17(18,19)20)5-7-16(23)22-8-2-3-13(21)10-22/h4,6,9,13H,2-3,5,7-8,10-11,21H2,1H3. The van der Waals surface area contributed by atoms with Gasteiger partial charge in [-0.2, -0.15) is 13.2 Å². The number of likely N-dealkylation sites (tertiary alicyclic amines) is 1. The van der Waals surface area contributed by atoms with E-state index in [4.69, 9.17) is 15.2 Å². The van der Waals surface area contributed by atoms with Crippen LogP contribution in [-0.2, 0) is 11.2 Å². The summed E-state index contributed by atoms with van der Waals surface area (Å²) >= 11 is 0. The minimum Gasteiger partial charge on any atom is -0.493 e. The molecule has 1 aliphatic rings. The highest BCUT2D eigenvalue weighted by Gasteiger charge is 2.29. The highest BCUT2D eigenvalue weighted by molar-refractivity contribution is 5.76. The van der Waals surface area contributed by atoms with E-state index >= 15 is 0 Å². The summed E-state index contributed by atoms with van der Waals surface area (Å²) in [6.07, 6.45) is -1.78. The van der Waals surface area contributed by atoms with Gasteiger partial charge >= 0.3 is 6.18 Å². The van der Waals surface area contributed by atoms with E-state index in [0.717, 1.165) is 24.9 Å². The van der Waals surface area contributed by atoms with Crippen molar-refractivity contribution in [2.75, 3.05) is 26.8 Å². The third kappa shape index (κ3) is 6.12. The SMILES string of the molecule is COc1cc(CCC(=O)N2CCCC(N)C2)ccc1OCC(F)(F)F. The van der Waals surface area contributed by atoms with E-state index < -0.39 is 12.8 Å². The van der Waals surface area contributed by atoms with Gasteiger partial charge in [0.25, 0.3) is 0 Å². The molecule has 1 fully saturated rings. The molecule has 0 spiro atoms. The highest BCUT2D eigenvalue weighted by Crippen LogP contribution is 2.30. The van der Waals surface area contributed by atoms with Crippen molar-refractivity contribution in [2.45, 2.75) is 37.9 Å². The molecule has 140 valence electrons. The number of amides is 1. The molecule has 1 aromatic carbocycles. The van der Waals surface area contributed by atoms with Crippen LogP contribution in [0.2, 0.25) is 0 Å². The van der Waals surface area contributed by atoms with E-state index in [1.165, 1.54) is 13.2 Å². The monoisotopic (exact) mass is 360 g/mol. The summed E-state index contributed by atoms with van der Waals surface area (Å²) in [7, 11) is 1.36. The van der Waals surface area contributed by atoms with E-state index in [1.807, 2.05) is 0 Å². The van der Waals surface area contributed by atoms with E-state index in [-0.39, 0.29) is 23.4 Å². The summed E-state index contributed by atoms with van der Waals surface area (Å²) in [6.45, 7) is -0.0805. The van der Waals surface area contributed by atoms with E-state index in [2.05, 4.69) is 0 Å². The number of ether oxygens (including phenoxy) is 2. The van der Waals surface area contributed by atoms with Crippen molar-refractivity contribution < 1.29 is 27.4 Å². The molecule has 1 heterocycles. The van der Waals surface area contributed by atoms with Gasteiger partial charge < -0.3 is 20.1 Å².